The highest BCUT2D eigenvalue weighted by Crippen LogP contribution is 2.23. The largest absolute Gasteiger partial charge is 0.496 e. The van der Waals surface area contributed by atoms with Gasteiger partial charge in [-0.1, -0.05) is 30.0 Å². The molecule has 0 spiro atoms. The summed E-state index contributed by atoms with van der Waals surface area (Å²) < 4.78 is 5.45. The molecule has 4 rings (SSSR count). The predicted octanol–water partition coefficient (Wildman–Crippen LogP) is 3.13. The summed E-state index contributed by atoms with van der Waals surface area (Å²) in [5.74, 6) is 0.863. The summed E-state index contributed by atoms with van der Waals surface area (Å²) in [7, 11) is 5.60. The molecule has 0 saturated carbocycles. The molecule has 0 fully saturated rings. The number of hydrogen-bond acceptors (Lipinski definition) is 7. The van der Waals surface area contributed by atoms with E-state index >= 15 is 0 Å². The Bertz CT molecular complexity index is 1210. The molecule has 3 aromatic rings. The van der Waals surface area contributed by atoms with Crippen molar-refractivity contribution in [2.45, 2.75) is 24.7 Å². The zero-order valence-electron chi connectivity index (χ0n) is 19.6. The summed E-state index contributed by atoms with van der Waals surface area (Å²) in [5, 5.41) is 3.35. The van der Waals surface area contributed by atoms with Crippen molar-refractivity contribution in [3.63, 3.8) is 0 Å². The van der Waals surface area contributed by atoms with E-state index in [-0.39, 0.29) is 17.2 Å². The van der Waals surface area contributed by atoms with Crippen molar-refractivity contribution in [2.75, 3.05) is 43.7 Å². The highest BCUT2D eigenvalue weighted by molar-refractivity contribution is 7.99. The van der Waals surface area contributed by atoms with Gasteiger partial charge in [-0.2, -0.15) is 0 Å². The van der Waals surface area contributed by atoms with Crippen LogP contribution in [-0.4, -0.2) is 54.3 Å². The number of fused-ring (bicyclic) bond motifs is 1. The van der Waals surface area contributed by atoms with Crippen molar-refractivity contribution in [3.05, 3.63) is 75.7 Å². The number of nitrogens with one attached hydrogen (secondary N) is 2. The van der Waals surface area contributed by atoms with Crippen molar-refractivity contribution in [2.24, 2.45) is 0 Å². The third-order valence-corrected chi connectivity index (χ3v) is 6.59. The monoisotopic (exact) mass is 479 g/mol. The number of carbonyl (C=O) groups is 1. The van der Waals surface area contributed by atoms with Crippen LogP contribution in [0.4, 0.5) is 11.4 Å². The van der Waals surface area contributed by atoms with Gasteiger partial charge in [0.05, 0.1) is 24.1 Å². The second kappa shape index (κ2) is 10.8. The summed E-state index contributed by atoms with van der Waals surface area (Å²) in [4.78, 5) is 36.8. The normalized spacial score (nSPS) is 13.3. The van der Waals surface area contributed by atoms with Gasteiger partial charge in [0.1, 0.15) is 5.75 Å². The molecular formula is C25H29N5O3S. The van der Waals surface area contributed by atoms with E-state index in [9.17, 15) is 9.59 Å². The maximum Gasteiger partial charge on any atom is 0.256 e. The number of ether oxygens (including phenoxy) is 1. The smallest absolute Gasteiger partial charge is 0.256 e. The van der Waals surface area contributed by atoms with Crippen LogP contribution in [-0.2, 0) is 24.3 Å². The molecule has 34 heavy (non-hydrogen) atoms. The van der Waals surface area contributed by atoms with Crippen molar-refractivity contribution >= 4 is 29.0 Å². The molecule has 2 N–H and O–H groups in total. The number of aromatic nitrogens is 2. The van der Waals surface area contributed by atoms with E-state index < -0.39 is 0 Å². The number of H-pyrrole nitrogens is 1. The predicted molar refractivity (Wildman–Crippen MR) is 136 cm³/mol. The molecule has 0 saturated heterocycles. The summed E-state index contributed by atoms with van der Waals surface area (Å²) in [6, 6.07) is 15.6. The van der Waals surface area contributed by atoms with Crippen LogP contribution in [0.2, 0.25) is 0 Å². The van der Waals surface area contributed by atoms with E-state index in [1.54, 1.807) is 7.11 Å². The first-order chi connectivity index (χ1) is 16.4. The van der Waals surface area contributed by atoms with Crippen LogP contribution in [0.15, 0.2) is 58.5 Å². The zero-order valence-corrected chi connectivity index (χ0v) is 20.4. The van der Waals surface area contributed by atoms with Crippen LogP contribution in [0.1, 0.15) is 16.8 Å². The number of rotatable bonds is 8. The SMILES string of the molecule is COc1ccccc1CN1CCc2nc(SCC(=O)Nc3ccc(N(C)C)cc3)[nH]c(=O)c2C1. The number of benzene rings is 2. The Morgan fingerprint density at radius 2 is 1.97 bits per heavy atom. The quantitative estimate of drug-likeness (QED) is 0.379. The Morgan fingerprint density at radius 3 is 2.71 bits per heavy atom. The lowest BCUT2D eigenvalue weighted by Crippen LogP contribution is -2.35. The molecule has 0 unspecified atom stereocenters. The van der Waals surface area contributed by atoms with Crippen LogP contribution < -0.4 is 20.5 Å². The maximum absolute atomic E-state index is 12.8. The van der Waals surface area contributed by atoms with Crippen molar-refractivity contribution in [3.8, 4) is 5.75 Å². The minimum atomic E-state index is -0.147. The molecule has 0 aliphatic carbocycles. The number of hydrogen-bond donors (Lipinski definition) is 2. The van der Waals surface area contributed by atoms with E-state index in [1.165, 1.54) is 11.8 Å². The molecule has 1 aromatic heterocycles. The van der Waals surface area contributed by atoms with Crippen molar-refractivity contribution in [1.29, 1.82) is 0 Å². The Morgan fingerprint density at radius 1 is 1.21 bits per heavy atom. The third kappa shape index (κ3) is 5.78. The molecule has 0 radical (unpaired) electrons. The van der Waals surface area contributed by atoms with Crippen LogP contribution in [0.25, 0.3) is 0 Å². The fourth-order valence-corrected chi connectivity index (χ4v) is 4.59. The van der Waals surface area contributed by atoms with E-state index in [1.807, 2.05) is 67.5 Å². The van der Waals surface area contributed by atoms with E-state index in [0.717, 1.165) is 34.9 Å². The van der Waals surface area contributed by atoms with E-state index in [4.69, 9.17) is 4.74 Å². The molecule has 2 aromatic carbocycles. The zero-order chi connectivity index (χ0) is 24.1. The first-order valence-corrected chi connectivity index (χ1v) is 12.1. The molecule has 9 heteroatoms. The van der Waals surface area contributed by atoms with Crippen LogP contribution in [0, 0.1) is 0 Å². The summed E-state index contributed by atoms with van der Waals surface area (Å²) in [6.07, 6.45) is 0.687. The molecule has 178 valence electrons. The summed E-state index contributed by atoms with van der Waals surface area (Å²) in [6.45, 7) is 2.04. The number of nitrogens with zero attached hydrogens (tertiary/aromatic N) is 3. The molecule has 1 amide bonds. The molecule has 1 aliphatic rings. The number of para-hydroxylation sites is 1. The highest BCUT2D eigenvalue weighted by atomic mass is 32.2. The number of methoxy groups -OCH3 is 1. The fraction of sp³-hybridized carbons (Fsp3) is 0.320. The van der Waals surface area contributed by atoms with Gasteiger partial charge >= 0.3 is 0 Å². The molecule has 0 bridgehead atoms. The minimum Gasteiger partial charge on any atom is -0.496 e. The van der Waals surface area contributed by atoms with Gasteiger partial charge in [-0.15, -0.1) is 0 Å². The average molecular weight is 480 g/mol. The molecule has 0 atom stereocenters. The Labute approximate surface area is 203 Å². The molecular weight excluding hydrogens is 450 g/mol. The number of anilines is 2. The number of amides is 1. The van der Waals surface area contributed by atoms with Crippen LogP contribution >= 0.6 is 11.8 Å². The fourth-order valence-electron chi connectivity index (χ4n) is 3.91. The summed E-state index contributed by atoms with van der Waals surface area (Å²) in [5.41, 5.74) is 4.24. The van der Waals surface area contributed by atoms with Crippen LogP contribution in [0.5, 0.6) is 5.75 Å². The maximum atomic E-state index is 12.8. The second-order valence-electron chi connectivity index (χ2n) is 8.35. The van der Waals surface area contributed by atoms with Gasteiger partial charge in [0.2, 0.25) is 5.91 Å². The first-order valence-electron chi connectivity index (χ1n) is 11.1. The van der Waals surface area contributed by atoms with Gasteiger partial charge in [-0.25, -0.2) is 4.98 Å². The first kappa shape index (κ1) is 23.8. The van der Waals surface area contributed by atoms with Gasteiger partial charge < -0.3 is 19.9 Å². The second-order valence-corrected chi connectivity index (χ2v) is 9.31. The molecule has 2 heterocycles. The minimum absolute atomic E-state index is 0.142. The highest BCUT2D eigenvalue weighted by Gasteiger charge is 2.22. The lowest BCUT2D eigenvalue weighted by atomic mass is 10.1. The topological polar surface area (TPSA) is 90.6 Å². The average Bonchev–Trinajstić information content (AvgIpc) is 2.84. The lowest BCUT2D eigenvalue weighted by molar-refractivity contribution is -0.113. The van der Waals surface area contributed by atoms with Gasteiger partial charge in [-0.3, -0.25) is 14.5 Å². The van der Waals surface area contributed by atoms with Gasteiger partial charge in [0.15, 0.2) is 5.16 Å². The van der Waals surface area contributed by atoms with Crippen molar-refractivity contribution in [1.82, 2.24) is 14.9 Å². The number of aromatic amines is 1. The van der Waals surface area contributed by atoms with E-state index in [2.05, 4.69) is 20.2 Å². The number of carbonyl (C=O) groups excluding carboxylic acids is 1. The van der Waals surface area contributed by atoms with Gasteiger partial charge in [-0.05, 0) is 30.3 Å². The van der Waals surface area contributed by atoms with Crippen molar-refractivity contribution < 1.29 is 9.53 Å². The van der Waals surface area contributed by atoms with Gasteiger partial charge in [0.25, 0.3) is 5.56 Å². The standard InChI is InChI=1S/C25H29N5O3S/c1-29(2)19-10-8-18(9-11-19)26-23(31)16-34-25-27-21-12-13-30(15-20(21)24(32)28-25)14-17-6-4-5-7-22(17)33-3/h4-11H,12-16H2,1-3H3,(H,26,31)(H,27,28,32). The third-order valence-electron chi connectivity index (χ3n) is 5.72. The van der Waals surface area contributed by atoms with Crippen LogP contribution in [0.3, 0.4) is 0 Å². The lowest BCUT2D eigenvalue weighted by Gasteiger charge is -2.28. The van der Waals surface area contributed by atoms with E-state index in [0.29, 0.717) is 30.2 Å². The molecule has 8 nitrogen and oxygen atoms in total. The number of thioether (sulfide) groups is 1. The Hall–Kier alpha value is -3.30. The Balaban J connectivity index is 1.35. The summed E-state index contributed by atoms with van der Waals surface area (Å²) >= 11 is 1.23. The Kier molecular flexibility index (Phi) is 7.54. The molecule has 1 aliphatic heterocycles. The van der Waals surface area contributed by atoms with Gasteiger partial charge in [0, 0.05) is 57.1 Å².